The third kappa shape index (κ3) is 4.46. The minimum atomic E-state index is -5.06. The second-order valence-electron chi connectivity index (χ2n) is 1.55. The van der Waals surface area contributed by atoms with Crippen molar-refractivity contribution in [2.75, 3.05) is 6.61 Å². The Labute approximate surface area is 81.9 Å². The zero-order valence-corrected chi connectivity index (χ0v) is 9.66. The summed E-state index contributed by atoms with van der Waals surface area (Å²) in [6.45, 7) is -1.14. The molecule has 11 heavy (non-hydrogen) atoms. The van der Waals surface area contributed by atoms with Crippen molar-refractivity contribution in [3.8, 4) is 0 Å². The zero-order chi connectivity index (χ0) is 8.41. The van der Waals surface area contributed by atoms with Gasteiger partial charge < -0.3 is 0 Å². The van der Waals surface area contributed by atoms with Gasteiger partial charge >= 0.3 is 69.3 Å². The van der Waals surface area contributed by atoms with Gasteiger partial charge in [0.15, 0.2) is 0 Å². The second kappa shape index (κ2) is 4.80. The predicted molar refractivity (Wildman–Crippen MR) is 28.9 cm³/mol. The van der Waals surface area contributed by atoms with E-state index in [4.69, 9.17) is 0 Å². The van der Waals surface area contributed by atoms with E-state index in [-0.39, 0.29) is 31.1 Å². The van der Waals surface area contributed by atoms with Crippen LogP contribution in [0.25, 0.3) is 0 Å². The van der Waals surface area contributed by atoms with Crippen molar-refractivity contribution in [2.45, 2.75) is 11.3 Å². The number of rotatable bonds is 2. The van der Waals surface area contributed by atoms with Crippen molar-refractivity contribution < 1.29 is 39.8 Å². The predicted octanol–water partition coefficient (Wildman–Crippen LogP) is 2.35. The van der Waals surface area contributed by atoms with E-state index in [1.807, 2.05) is 0 Å². The Bertz CT molecular complexity index is 116. The van der Waals surface area contributed by atoms with Crippen LogP contribution in [-0.2, 0) is 22.2 Å². The molecule has 0 saturated carbocycles. The molecule has 0 fully saturated rings. The fourth-order valence-corrected chi connectivity index (χ4v) is 1.15. The van der Waals surface area contributed by atoms with E-state index < -0.39 is 17.9 Å². The molecule has 1 nitrogen and oxygen atoms in total. The van der Waals surface area contributed by atoms with E-state index in [1.54, 1.807) is 0 Å². The van der Waals surface area contributed by atoms with Crippen molar-refractivity contribution in [3.05, 3.63) is 0 Å². The molecule has 0 radical (unpaired) electrons. The van der Waals surface area contributed by atoms with E-state index in [1.165, 1.54) is 0 Å². The molecule has 8 heteroatoms. The van der Waals surface area contributed by atoms with Gasteiger partial charge in [-0.2, -0.15) is 0 Å². The number of alkyl halides is 5. The molecule has 0 spiro atoms. The number of halogens is 6. The SMILES string of the molecule is Cl.FC(F)(F)C(F)(Cl)C[O][Zn]. The van der Waals surface area contributed by atoms with Crippen LogP contribution >= 0.6 is 24.0 Å². The average molecular weight is 267 g/mol. The van der Waals surface area contributed by atoms with E-state index in [0.717, 1.165) is 0 Å². The van der Waals surface area contributed by atoms with Crippen LogP contribution in [-0.4, -0.2) is 17.9 Å². The fourth-order valence-electron chi connectivity index (χ4n) is 0.210. The van der Waals surface area contributed by atoms with Gasteiger partial charge in [-0.25, -0.2) is 0 Å². The van der Waals surface area contributed by atoms with Crippen LogP contribution in [0.2, 0.25) is 0 Å². The van der Waals surface area contributed by atoms with Crippen LogP contribution < -0.4 is 0 Å². The number of hydrogen-bond acceptors (Lipinski definition) is 1. The topological polar surface area (TPSA) is 9.23 Å². The second-order valence-corrected chi connectivity index (χ2v) is 3.01. The van der Waals surface area contributed by atoms with Gasteiger partial charge in [0.25, 0.3) is 0 Å². The summed E-state index contributed by atoms with van der Waals surface area (Å²) < 4.78 is 50.5. The molecule has 0 rings (SSSR count). The quantitative estimate of drug-likeness (QED) is 0.424. The van der Waals surface area contributed by atoms with Gasteiger partial charge in [-0.05, 0) is 0 Å². The molecular weight excluding hydrogens is 264 g/mol. The molecule has 65 valence electrons. The molecule has 0 aromatic carbocycles. The van der Waals surface area contributed by atoms with E-state index >= 15 is 0 Å². The molecule has 1 atom stereocenters. The Kier molecular flexibility index (Phi) is 6.29. The third-order valence-electron chi connectivity index (χ3n) is 0.698. The van der Waals surface area contributed by atoms with Crippen LogP contribution in [0, 0.1) is 0 Å². The molecule has 0 amide bonds. The maximum atomic E-state index is 12.1. The molecule has 0 saturated heterocycles. The molecule has 0 aliphatic rings. The molecule has 0 aliphatic heterocycles. The summed E-state index contributed by atoms with van der Waals surface area (Å²) in [6.07, 6.45) is -5.06. The Hall–Kier alpha value is 0.883. The zero-order valence-electron chi connectivity index (χ0n) is 5.12. The van der Waals surface area contributed by atoms with Gasteiger partial charge in [0.05, 0.1) is 0 Å². The van der Waals surface area contributed by atoms with Crippen LogP contribution in [0.3, 0.4) is 0 Å². The Morgan fingerprint density at radius 2 is 1.64 bits per heavy atom. The summed E-state index contributed by atoms with van der Waals surface area (Å²) in [5, 5.41) is -3.73. The summed E-state index contributed by atoms with van der Waals surface area (Å²) >= 11 is 4.54. The maximum absolute atomic E-state index is 12.1. The molecule has 0 aromatic rings. The van der Waals surface area contributed by atoms with Gasteiger partial charge in [-0.1, -0.05) is 0 Å². The van der Waals surface area contributed by atoms with Crippen LogP contribution in [0.1, 0.15) is 0 Å². The fraction of sp³-hybridized carbons (Fsp3) is 1.00. The van der Waals surface area contributed by atoms with Gasteiger partial charge in [0, 0.05) is 0 Å². The summed E-state index contributed by atoms with van der Waals surface area (Å²) in [6, 6.07) is 0. The summed E-state index contributed by atoms with van der Waals surface area (Å²) in [5.41, 5.74) is 0. The monoisotopic (exact) mass is 265 g/mol. The molecule has 0 heterocycles. The van der Waals surface area contributed by atoms with Crippen LogP contribution in [0.15, 0.2) is 0 Å². The first-order valence-corrected chi connectivity index (χ1v) is 3.72. The van der Waals surface area contributed by atoms with Gasteiger partial charge in [-0.3, -0.25) is 0 Å². The molecule has 0 N–H and O–H groups in total. The number of hydrogen-bond donors (Lipinski definition) is 0. The molecule has 0 bridgehead atoms. The average Bonchev–Trinajstić information content (AvgIpc) is 1.61. The molecule has 0 aromatic heterocycles. The Morgan fingerprint density at radius 3 is 1.73 bits per heavy atom. The van der Waals surface area contributed by atoms with E-state index in [9.17, 15) is 17.6 Å². The van der Waals surface area contributed by atoms with Gasteiger partial charge in [0.1, 0.15) is 0 Å². The Balaban J connectivity index is 0. The normalized spacial score (nSPS) is 17.0. The standard InChI is InChI=1S/C3H2ClF4O.ClH.Zn/c4-2(5,1-9)3(6,7)8;;/h1H2;1H;/q-1;;+1. The van der Waals surface area contributed by atoms with Crippen LogP contribution in [0.4, 0.5) is 17.6 Å². The minimum absolute atomic E-state index is 0. The summed E-state index contributed by atoms with van der Waals surface area (Å²) in [5.74, 6) is 0. The van der Waals surface area contributed by atoms with Crippen molar-refractivity contribution in [1.82, 2.24) is 0 Å². The van der Waals surface area contributed by atoms with E-state index in [2.05, 4.69) is 15.2 Å². The van der Waals surface area contributed by atoms with Gasteiger partial charge in [0.2, 0.25) is 0 Å². The van der Waals surface area contributed by atoms with Gasteiger partial charge in [-0.15, -0.1) is 12.4 Å². The first-order valence-electron chi connectivity index (χ1n) is 2.13. The first kappa shape index (κ1) is 14.4. The Morgan fingerprint density at radius 1 is 1.27 bits per heavy atom. The molecule has 0 aliphatic carbocycles. The van der Waals surface area contributed by atoms with Crippen molar-refractivity contribution in [3.63, 3.8) is 0 Å². The summed E-state index contributed by atoms with van der Waals surface area (Å²) in [4.78, 5) is 0. The summed E-state index contributed by atoms with van der Waals surface area (Å²) in [7, 11) is 0. The third-order valence-corrected chi connectivity index (χ3v) is 1.45. The van der Waals surface area contributed by atoms with Crippen molar-refractivity contribution >= 4 is 24.0 Å². The van der Waals surface area contributed by atoms with E-state index in [0.29, 0.717) is 0 Å². The first-order chi connectivity index (χ1) is 4.31. The van der Waals surface area contributed by atoms with Crippen molar-refractivity contribution in [2.24, 2.45) is 0 Å². The van der Waals surface area contributed by atoms with Crippen LogP contribution in [0.5, 0.6) is 0 Å². The molecular formula is C3H3Cl2F4OZn. The molecule has 1 unspecified atom stereocenters. The van der Waals surface area contributed by atoms with Crippen molar-refractivity contribution in [1.29, 1.82) is 0 Å².